The molecular weight excluding hydrogens is 229 g/mol. The molecule has 0 saturated carbocycles. The van der Waals surface area contributed by atoms with Gasteiger partial charge in [0.15, 0.2) is 0 Å². The van der Waals surface area contributed by atoms with Gasteiger partial charge in [0.25, 0.3) is 0 Å². The number of hydrogen-bond donors (Lipinski definition) is 0. The first-order valence-corrected chi connectivity index (χ1v) is 5.16. The molecule has 0 atom stereocenters. The van der Waals surface area contributed by atoms with Crippen LogP contribution in [0.25, 0.3) is 11.3 Å². The van der Waals surface area contributed by atoms with E-state index in [-0.39, 0.29) is 0 Å². The highest BCUT2D eigenvalue weighted by Crippen LogP contribution is 2.23. The fourth-order valence-corrected chi connectivity index (χ4v) is 1.76. The Morgan fingerprint density at radius 3 is 2.27 bits per heavy atom. The maximum Gasteiger partial charge on any atom is 0.131 e. The van der Waals surface area contributed by atoms with Crippen molar-refractivity contribution in [3.63, 3.8) is 0 Å². The van der Waals surface area contributed by atoms with E-state index in [0.29, 0.717) is 10.2 Å². The van der Waals surface area contributed by atoms with E-state index in [1.165, 1.54) is 0 Å². The normalized spacial score (nSPS) is 10.3. The first-order valence-electron chi connectivity index (χ1n) is 4.40. The molecule has 1 aromatic heterocycles. The van der Waals surface area contributed by atoms with E-state index in [9.17, 15) is 0 Å². The van der Waals surface area contributed by atoms with Crippen molar-refractivity contribution in [1.29, 1.82) is 0 Å². The molecule has 0 unspecified atom stereocenters. The van der Waals surface area contributed by atoms with Crippen molar-refractivity contribution in [2.45, 2.75) is 0 Å². The average Bonchev–Trinajstić information content (AvgIpc) is 2.17. The minimum absolute atomic E-state index is 0.399. The number of nitrogens with zero attached hydrogens (tertiary/aromatic N) is 1. The smallest absolute Gasteiger partial charge is 0.131 e. The molecule has 2 aromatic rings. The van der Waals surface area contributed by atoms with Crippen LogP contribution in [0.2, 0.25) is 10.2 Å². The minimum Gasteiger partial charge on any atom is -0.236 e. The van der Waals surface area contributed by atoms with Crippen molar-refractivity contribution in [3.05, 3.63) is 59.1 Å². The first kappa shape index (κ1) is 10.5. The molecule has 0 amide bonds. The monoisotopic (exact) mass is 236 g/mol. The Labute approximate surface area is 98.7 Å². The zero-order valence-electron chi connectivity index (χ0n) is 7.87. The molecule has 75 valence electrons. The lowest BCUT2D eigenvalue weighted by Gasteiger charge is -2.02. The quantitative estimate of drug-likeness (QED) is 0.676. The Morgan fingerprint density at radius 2 is 1.67 bits per heavy atom. The highest BCUT2D eigenvalue weighted by Gasteiger charge is 2.02. The summed E-state index contributed by atoms with van der Waals surface area (Å²) in [4.78, 5) is 4.19. The molecule has 1 radical (unpaired) electrons. The highest BCUT2D eigenvalue weighted by molar-refractivity contribution is 6.34. The summed E-state index contributed by atoms with van der Waals surface area (Å²) < 4.78 is 0. The van der Waals surface area contributed by atoms with E-state index in [1.54, 1.807) is 12.1 Å². The fourth-order valence-electron chi connectivity index (χ4n) is 1.29. The SMILES string of the molecule is [CH2]c1ccc(-c2cc(Cl)cc(Cl)n2)cc1. The van der Waals surface area contributed by atoms with Crippen LogP contribution in [-0.2, 0) is 0 Å². The van der Waals surface area contributed by atoms with Crippen LogP contribution in [0.1, 0.15) is 5.56 Å². The first-order chi connectivity index (χ1) is 7.15. The summed E-state index contributed by atoms with van der Waals surface area (Å²) in [6.07, 6.45) is 0. The van der Waals surface area contributed by atoms with Crippen molar-refractivity contribution in [3.8, 4) is 11.3 Å². The van der Waals surface area contributed by atoms with Crippen LogP contribution < -0.4 is 0 Å². The molecule has 1 aromatic carbocycles. The second-order valence-electron chi connectivity index (χ2n) is 3.19. The highest BCUT2D eigenvalue weighted by atomic mass is 35.5. The number of benzene rings is 1. The van der Waals surface area contributed by atoms with E-state index in [4.69, 9.17) is 23.2 Å². The van der Waals surface area contributed by atoms with Crippen molar-refractivity contribution in [1.82, 2.24) is 4.98 Å². The van der Waals surface area contributed by atoms with Gasteiger partial charge < -0.3 is 0 Å². The lowest BCUT2D eigenvalue weighted by atomic mass is 10.1. The van der Waals surface area contributed by atoms with Gasteiger partial charge in [-0.05, 0) is 24.6 Å². The number of pyridine rings is 1. The summed E-state index contributed by atoms with van der Waals surface area (Å²) in [5.41, 5.74) is 2.71. The summed E-state index contributed by atoms with van der Waals surface area (Å²) in [5.74, 6) is 0. The number of halogens is 2. The predicted molar refractivity (Wildman–Crippen MR) is 64.2 cm³/mol. The Morgan fingerprint density at radius 1 is 1.00 bits per heavy atom. The molecule has 0 aliphatic carbocycles. The molecule has 0 aliphatic rings. The van der Waals surface area contributed by atoms with Crippen molar-refractivity contribution in [2.75, 3.05) is 0 Å². The van der Waals surface area contributed by atoms with Crippen molar-refractivity contribution in [2.24, 2.45) is 0 Å². The summed E-state index contributed by atoms with van der Waals surface area (Å²) in [7, 11) is 0. The standard InChI is InChI=1S/C12H8Cl2N/c1-8-2-4-9(5-3-8)11-6-10(13)7-12(14)15-11/h2-7H,1H2. The second-order valence-corrected chi connectivity index (χ2v) is 4.01. The Kier molecular flexibility index (Phi) is 2.94. The van der Waals surface area contributed by atoms with Crippen LogP contribution in [-0.4, -0.2) is 4.98 Å². The molecular formula is C12H8Cl2N. The van der Waals surface area contributed by atoms with E-state index < -0.39 is 0 Å². The second kappa shape index (κ2) is 4.21. The lowest BCUT2D eigenvalue weighted by Crippen LogP contribution is -1.84. The Bertz CT molecular complexity index is 457. The summed E-state index contributed by atoms with van der Waals surface area (Å²) in [5, 5.41) is 0.986. The lowest BCUT2D eigenvalue weighted by molar-refractivity contribution is 1.32. The van der Waals surface area contributed by atoms with Crippen LogP contribution in [0.3, 0.4) is 0 Å². The molecule has 0 spiro atoms. The molecule has 1 nitrogen and oxygen atoms in total. The largest absolute Gasteiger partial charge is 0.236 e. The van der Waals surface area contributed by atoms with Crippen LogP contribution in [0.15, 0.2) is 36.4 Å². The zero-order chi connectivity index (χ0) is 10.8. The predicted octanol–water partition coefficient (Wildman–Crippen LogP) is 4.24. The van der Waals surface area contributed by atoms with Gasteiger partial charge in [-0.25, -0.2) is 4.98 Å². The van der Waals surface area contributed by atoms with Crippen molar-refractivity contribution < 1.29 is 0 Å². The van der Waals surface area contributed by atoms with Gasteiger partial charge in [-0.2, -0.15) is 0 Å². The van der Waals surface area contributed by atoms with Gasteiger partial charge in [-0.15, -0.1) is 0 Å². The number of aromatic nitrogens is 1. The molecule has 0 N–H and O–H groups in total. The van der Waals surface area contributed by atoms with Gasteiger partial charge >= 0.3 is 0 Å². The number of hydrogen-bond acceptors (Lipinski definition) is 1. The summed E-state index contributed by atoms with van der Waals surface area (Å²) in [6, 6.07) is 11.1. The van der Waals surface area contributed by atoms with E-state index in [2.05, 4.69) is 11.9 Å². The van der Waals surface area contributed by atoms with Crippen LogP contribution in [0.4, 0.5) is 0 Å². The molecule has 1 heterocycles. The molecule has 2 rings (SSSR count). The van der Waals surface area contributed by atoms with Gasteiger partial charge in [0.1, 0.15) is 5.15 Å². The Hall–Kier alpha value is -1.05. The van der Waals surface area contributed by atoms with Gasteiger partial charge in [-0.3, -0.25) is 0 Å². The minimum atomic E-state index is 0.399. The maximum absolute atomic E-state index is 5.89. The fraction of sp³-hybridized carbons (Fsp3) is 0. The maximum atomic E-state index is 5.89. The third kappa shape index (κ3) is 2.49. The van der Waals surface area contributed by atoms with Crippen LogP contribution in [0.5, 0.6) is 0 Å². The van der Waals surface area contributed by atoms with Gasteiger partial charge in [0.2, 0.25) is 0 Å². The van der Waals surface area contributed by atoms with Crippen LogP contribution >= 0.6 is 23.2 Å². The third-order valence-electron chi connectivity index (χ3n) is 2.01. The summed E-state index contributed by atoms with van der Waals surface area (Å²) in [6.45, 7) is 3.82. The molecule has 0 bridgehead atoms. The molecule has 0 aliphatic heterocycles. The van der Waals surface area contributed by atoms with Gasteiger partial charge in [0, 0.05) is 10.6 Å². The van der Waals surface area contributed by atoms with Gasteiger partial charge in [-0.1, -0.05) is 47.5 Å². The number of rotatable bonds is 1. The van der Waals surface area contributed by atoms with E-state index >= 15 is 0 Å². The summed E-state index contributed by atoms with van der Waals surface area (Å²) >= 11 is 11.7. The zero-order valence-corrected chi connectivity index (χ0v) is 9.39. The molecule has 0 fully saturated rings. The molecule has 0 saturated heterocycles. The van der Waals surface area contributed by atoms with E-state index in [0.717, 1.165) is 16.8 Å². The van der Waals surface area contributed by atoms with E-state index in [1.807, 2.05) is 24.3 Å². The molecule has 15 heavy (non-hydrogen) atoms. The molecule has 3 heteroatoms. The third-order valence-corrected chi connectivity index (χ3v) is 2.42. The van der Waals surface area contributed by atoms with Crippen molar-refractivity contribution >= 4 is 23.2 Å². The van der Waals surface area contributed by atoms with Crippen LogP contribution in [0, 0.1) is 6.92 Å². The topological polar surface area (TPSA) is 12.9 Å². The van der Waals surface area contributed by atoms with Gasteiger partial charge in [0.05, 0.1) is 5.69 Å². The Balaban J connectivity index is 2.49. The average molecular weight is 237 g/mol.